The Balaban J connectivity index is 1.95. The highest BCUT2D eigenvalue weighted by Gasteiger charge is 2.24. The summed E-state index contributed by atoms with van der Waals surface area (Å²) in [5, 5.41) is 6.72. The molecule has 3 N–H and O–H groups in total. The van der Waals surface area contributed by atoms with Gasteiger partial charge in [0, 0.05) is 13.1 Å². The molecular formula is C9H17N5. The molecule has 0 amide bonds. The molecule has 1 aliphatic rings. The van der Waals surface area contributed by atoms with Gasteiger partial charge in [-0.15, -0.1) is 5.10 Å². The van der Waals surface area contributed by atoms with Crippen molar-refractivity contribution in [2.75, 3.05) is 23.7 Å². The van der Waals surface area contributed by atoms with E-state index in [2.05, 4.69) is 27.0 Å². The van der Waals surface area contributed by atoms with E-state index in [0.29, 0.717) is 5.95 Å². The van der Waals surface area contributed by atoms with Crippen molar-refractivity contribution >= 4 is 11.9 Å². The molecule has 5 nitrogen and oxygen atoms in total. The molecule has 1 fully saturated rings. The van der Waals surface area contributed by atoms with Crippen molar-refractivity contribution in [3.63, 3.8) is 0 Å². The van der Waals surface area contributed by atoms with Gasteiger partial charge in [-0.25, -0.2) is 5.10 Å². The number of nitrogen functional groups attached to an aromatic ring is 1. The van der Waals surface area contributed by atoms with Gasteiger partial charge in [-0.2, -0.15) is 4.98 Å². The molecular weight excluding hydrogens is 178 g/mol. The predicted molar refractivity (Wildman–Crippen MR) is 56.0 cm³/mol. The number of aromatic amines is 1. The lowest BCUT2D eigenvalue weighted by molar-refractivity contribution is 0.529. The SMILES string of the molecule is CCCC1CCN(c2n[nH]c(N)n2)C1. The molecule has 0 spiro atoms. The topological polar surface area (TPSA) is 70.8 Å². The highest BCUT2D eigenvalue weighted by atomic mass is 15.4. The zero-order chi connectivity index (χ0) is 9.97. The fourth-order valence-electron chi connectivity index (χ4n) is 2.06. The third-order valence-electron chi connectivity index (χ3n) is 2.76. The molecule has 1 atom stereocenters. The number of aromatic nitrogens is 3. The van der Waals surface area contributed by atoms with E-state index in [0.717, 1.165) is 25.0 Å². The lowest BCUT2D eigenvalue weighted by Gasteiger charge is -2.13. The predicted octanol–water partition coefficient (Wildman–Crippen LogP) is 1.01. The molecule has 0 aliphatic carbocycles. The number of rotatable bonds is 3. The van der Waals surface area contributed by atoms with Gasteiger partial charge < -0.3 is 10.6 Å². The second kappa shape index (κ2) is 3.86. The Morgan fingerprint density at radius 3 is 3.14 bits per heavy atom. The molecule has 78 valence electrons. The molecule has 1 aromatic rings. The molecule has 0 aromatic carbocycles. The second-order valence-corrected chi connectivity index (χ2v) is 3.91. The first kappa shape index (κ1) is 9.30. The van der Waals surface area contributed by atoms with Crippen LogP contribution in [0.2, 0.25) is 0 Å². The minimum absolute atomic E-state index is 0.402. The van der Waals surface area contributed by atoms with Gasteiger partial charge in [0.1, 0.15) is 0 Å². The Labute approximate surface area is 83.7 Å². The maximum absolute atomic E-state index is 5.48. The first-order valence-corrected chi connectivity index (χ1v) is 5.22. The largest absolute Gasteiger partial charge is 0.368 e. The van der Waals surface area contributed by atoms with Gasteiger partial charge in [0.05, 0.1) is 0 Å². The molecule has 1 unspecified atom stereocenters. The van der Waals surface area contributed by atoms with Gasteiger partial charge in [0.2, 0.25) is 11.9 Å². The van der Waals surface area contributed by atoms with E-state index >= 15 is 0 Å². The number of hydrogen-bond donors (Lipinski definition) is 2. The number of hydrogen-bond acceptors (Lipinski definition) is 4. The van der Waals surface area contributed by atoms with Crippen LogP contribution in [-0.2, 0) is 0 Å². The van der Waals surface area contributed by atoms with E-state index in [1.807, 2.05) is 0 Å². The van der Waals surface area contributed by atoms with E-state index in [4.69, 9.17) is 5.73 Å². The molecule has 1 aliphatic heterocycles. The van der Waals surface area contributed by atoms with Gasteiger partial charge >= 0.3 is 0 Å². The first-order chi connectivity index (χ1) is 6.79. The second-order valence-electron chi connectivity index (χ2n) is 3.91. The zero-order valence-electron chi connectivity index (χ0n) is 8.53. The summed E-state index contributed by atoms with van der Waals surface area (Å²) in [6.45, 7) is 4.36. The van der Waals surface area contributed by atoms with Crippen LogP contribution in [0.5, 0.6) is 0 Å². The molecule has 0 bridgehead atoms. The fourth-order valence-corrected chi connectivity index (χ4v) is 2.06. The minimum atomic E-state index is 0.402. The van der Waals surface area contributed by atoms with Crippen molar-refractivity contribution in [1.82, 2.24) is 15.2 Å². The van der Waals surface area contributed by atoms with Crippen LogP contribution in [0.15, 0.2) is 0 Å². The maximum Gasteiger partial charge on any atom is 0.246 e. The summed E-state index contributed by atoms with van der Waals surface area (Å²) >= 11 is 0. The first-order valence-electron chi connectivity index (χ1n) is 5.22. The summed E-state index contributed by atoms with van der Waals surface area (Å²) in [6.07, 6.45) is 3.81. The fraction of sp³-hybridized carbons (Fsp3) is 0.778. The lowest BCUT2D eigenvalue weighted by Crippen LogP contribution is -2.20. The molecule has 2 heterocycles. The number of nitrogens with two attached hydrogens (primary N) is 1. The molecule has 5 heteroatoms. The van der Waals surface area contributed by atoms with Gasteiger partial charge in [-0.05, 0) is 18.8 Å². The van der Waals surface area contributed by atoms with Crippen LogP contribution in [0.1, 0.15) is 26.2 Å². The van der Waals surface area contributed by atoms with Crippen molar-refractivity contribution in [2.45, 2.75) is 26.2 Å². The minimum Gasteiger partial charge on any atom is -0.368 e. The zero-order valence-corrected chi connectivity index (χ0v) is 8.53. The summed E-state index contributed by atoms with van der Waals surface area (Å²) in [6, 6.07) is 0. The third-order valence-corrected chi connectivity index (χ3v) is 2.76. The normalized spacial score (nSPS) is 21.8. The van der Waals surface area contributed by atoms with Crippen molar-refractivity contribution in [2.24, 2.45) is 5.92 Å². The standard InChI is InChI=1S/C9H17N5/c1-2-3-7-4-5-14(6-7)9-11-8(10)12-13-9/h7H,2-6H2,1H3,(H3,10,11,12,13). The van der Waals surface area contributed by atoms with Gasteiger partial charge in [-0.3, -0.25) is 0 Å². The maximum atomic E-state index is 5.48. The number of nitrogens with zero attached hydrogens (tertiary/aromatic N) is 3. The summed E-state index contributed by atoms with van der Waals surface area (Å²) < 4.78 is 0. The van der Waals surface area contributed by atoms with Gasteiger partial charge in [0.15, 0.2) is 0 Å². The summed E-state index contributed by atoms with van der Waals surface area (Å²) in [5.74, 6) is 1.96. The van der Waals surface area contributed by atoms with E-state index < -0.39 is 0 Å². The Morgan fingerprint density at radius 1 is 1.64 bits per heavy atom. The highest BCUT2D eigenvalue weighted by Crippen LogP contribution is 2.23. The van der Waals surface area contributed by atoms with Gasteiger partial charge in [0.25, 0.3) is 0 Å². The Hall–Kier alpha value is -1.26. The van der Waals surface area contributed by atoms with Crippen molar-refractivity contribution in [3.05, 3.63) is 0 Å². The van der Waals surface area contributed by atoms with Gasteiger partial charge in [-0.1, -0.05) is 13.3 Å². The van der Waals surface area contributed by atoms with Crippen molar-refractivity contribution in [1.29, 1.82) is 0 Å². The van der Waals surface area contributed by atoms with Crippen LogP contribution in [0.3, 0.4) is 0 Å². The number of H-pyrrole nitrogens is 1. The molecule has 14 heavy (non-hydrogen) atoms. The van der Waals surface area contributed by atoms with Crippen LogP contribution in [0.4, 0.5) is 11.9 Å². The third kappa shape index (κ3) is 1.81. The average Bonchev–Trinajstić information content (AvgIpc) is 2.74. The van der Waals surface area contributed by atoms with Crippen LogP contribution >= 0.6 is 0 Å². The quantitative estimate of drug-likeness (QED) is 0.755. The van der Waals surface area contributed by atoms with Crippen LogP contribution in [0, 0.1) is 5.92 Å². The van der Waals surface area contributed by atoms with E-state index in [9.17, 15) is 0 Å². The van der Waals surface area contributed by atoms with E-state index in [-0.39, 0.29) is 0 Å². The monoisotopic (exact) mass is 195 g/mol. The smallest absolute Gasteiger partial charge is 0.246 e. The molecule has 0 radical (unpaired) electrons. The Bertz CT molecular complexity index is 295. The molecule has 1 aromatic heterocycles. The van der Waals surface area contributed by atoms with Crippen molar-refractivity contribution < 1.29 is 0 Å². The Morgan fingerprint density at radius 2 is 2.50 bits per heavy atom. The number of anilines is 2. The van der Waals surface area contributed by atoms with Crippen LogP contribution in [0.25, 0.3) is 0 Å². The molecule has 1 saturated heterocycles. The average molecular weight is 195 g/mol. The summed E-state index contributed by atoms with van der Waals surface area (Å²) in [7, 11) is 0. The summed E-state index contributed by atoms with van der Waals surface area (Å²) in [5.41, 5.74) is 5.48. The molecule has 2 rings (SSSR count). The number of nitrogens with one attached hydrogen (secondary N) is 1. The Kier molecular flexibility index (Phi) is 2.56. The summed E-state index contributed by atoms with van der Waals surface area (Å²) in [4.78, 5) is 6.33. The van der Waals surface area contributed by atoms with E-state index in [1.54, 1.807) is 0 Å². The van der Waals surface area contributed by atoms with Crippen LogP contribution < -0.4 is 10.6 Å². The van der Waals surface area contributed by atoms with E-state index in [1.165, 1.54) is 19.3 Å². The lowest BCUT2D eigenvalue weighted by atomic mass is 10.0. The van der Waals surface area contributed by atoms with Crippen LogP contribution in [-0.4, -0.2) is 28.3 Å². The highest BCUT2D eigenvalue weighted by molar-refractivity contribution is 5.35. The molecule has 0 saturated carbocycles. The van der Waals surface area contributed by atoms with Crippen molar-refractivity contribution in [3.8, 4) is 0 Å².